The van der Waals surface area contributed by atoms with Crippen molar-refractivity contribution in [3.63, 3.8) is 0 Å². The van der Waals surface area contributed by atoms with Gasteiger partial charge in [0.25, 0.3) is 0 Å². The molecule has 2 nitrogen and oxygen atoms in total. The fraction of sp³-hybridized carbons (Fsp3) is 1.00. The van der Waals surface area contributed by atoms with Crippen molar-refractivity contribution in [2.45, 2.75) is 65.6 Å². The van der Waals surface area contributed by atoms with Crippen molar-refractivity contribution in [3.05, 3.63) is 0 Å². The van der Waals surface area contributed by atoms with E-state index < -0.39 is 6.29 Å². The molecule has 0 aliphatic heterocycles. The zero-order chi connectivity index (χ0) is 11.0. The van der Waals surface area contributed by atoms with Crippen LogP contribution in [0, 0.1) is 11.8 Å². The summed E-state index contributed by atoms with van der Waals surface area (Å²) in [6, 6.07) is 0. The summed E-state index contributed by atoms with van der Waals surface area (Å²) >= 11 is 0. The maximum absolute atomic E-state index is 8.85. The van der Waals surface area contributed by atoms with Crippen molar-refractivity contribution in [2.75, 3.05) is 0 Å². The molecular weight excluding hydrogens is 176 g/mol. The van der Waals surface area contributed by atoms with Crippen LogP contribution < -0.4 is 0 Å². The van der Waals surface area contributed by atoms with Crippen LogP contribution in [-0.4, -0.2) is 16.5 Å². The first-order valence-corrected chi connectivity index (χ1v) is 5.90. The van der Waals surface area contributed by atoms with E-state index >= 15 is 0 Å². The monoisotopic (exact) mass is 202 g/mol. The molecule has 0 aromatic heterocycles. The van der Waals surface area contributed by atoms with Gasteiger partial charge in [0.1, 0.15) is 0 Å². The molecule has 0 heterocycles. The van der Waals surface area contributed by atoms with Gasteiger partial charge in [0.15, 0.2) is 6.29 Å². The van der Waals surface area contributed by atoms with Gasteiger partial charge in [0.2, 0.25) is 0 Å². The second kappa shape index (κ2) is 8.25. The van der Waals surface area contributed by atoms with Gasteiger partial charge in [0.05, 0.1) is 0 Å². The van der Waals surface area contributed by atoms with Crippen molar-refractivity contribution in [2.24, 2.45) is 11.8 Å². The zero-order valence-electron chi connectivity index (χ0n) is 9.87. The van der Waals surface area contributed by atoms with Crippen LogP contribution in [0.2, 0.25) is 0 Å². The molecule has 0 amide bonds. The van der Waals surface area contributed by atoms with E-state index in [1.165, 1.54) is 25.7 Å². The summed E-state index contributed by atoms with van der Waals surface area (Å²) in [6.45, 7) is 6.40. The molecule has 0 saturated carbocycles. The van der Waals surface area contributed by atoms with Crippen molar-refractivity contribution in [1.29, 1.82) is 0 Å². The van der Waals surface area contributed by atoms with E-state index in [-0.39, 0.29) is 5.92 Å². The smallest absolute Gasteiger partial charge is 0.154 e. The van der Waals surface area contributed by atoms with Crippen molar-refractivity contribution in [3.8, 4) is 0 Å². The summed E-state index contributed by atoms with van der Waals surface area (Å²) in [4.78, 5) is 0. The van der Waals surface area contributed by atoms with Crippen LogP contribution >= 0.6 is 0 Å². The Balaban J connectivity index is 3.13. The molecule has 0 aliphatic carbocycles. The SMILES string of the molecule is CC(C)CCCCCCC(C)C(O)O. The Hall–Kier alpha value is -0.0800. The van der Waals surface area contributed by atoms with E-state index in [2.05, 4.69) is 13.8 Å². The Morgan fingerprint density at radius 2 is 1.29 bits per heavy atom. The van der Waals surface area contributed by atoms with Crippen LogP contribution in [0.25, 0.3) is 0 Å². The molecule has 0 rings (SSSR count). The first-order chi connectivity index (χ1) is 6.54. The van der Waals surface area contributed by atoms with Crippen LogP contribution in [0.5, 0.6) is 0 Å². The summed E-state index contributed by atoms with van der Waals surface area (Å²) < 4.78 is 0. The zero-order valence-corrected chi connectivity index (χ0v) is 9.87. The Kier molecular flexibility index (Phi) is 8.20. The summed E-state index contributed by atoms with van der Waals surface area (Å²) in [7, 11) is 0. The average molecular weight is 202 g/mol. The average Bonchev–Trinajstić information content (AvgIpc) is 2.09. The third-order valence-corrected chi connectivity index (χ3v) is 2.70. The van der Waals surface area contributed by atoms with Crippen LogP contribution in [0.1, 0.15) is 59.3 Å². The van der Waals surface area contributed by atoms with E-state index in [9.17, 15) is 0 Å². The minimum absolute atomic E-state index is 0.0279. The number of unbranched alkanes of at least 4 members (excludes halogenated alkanes) is 3. The maximum atomic E-state index is 8.85. The lowest BCUT2D eigenvalue weighted by Gasteiger charge is -2.12. The van der Waals surface area contributed by atoms with Gasteiger partial charge in [-0.2, -0.15) is 0 Å². The van der Waals surface area contributed by atoms with Crippen molar-refractivity contribution < 1.29 is 10.2 Å². The topological polar surface area (TPSA) is 40.5 Å². The van der Waals surface area contributed by atoms with Crippen LogP contribution in [0.3, 0.4) is 0 Å². The third kappa shape index (κ3) is 8.52. The number of rotatable bonds is 8. The predicted molar refractivity (Wildman–Crippen MR) is 59.9 cm³/mol. The van der Waals surface area contributed by atoms with Gasteiger partial charge in [-0.25, -0.2) is 0 Å². The van der Waals surface area contributed by atoms with Crippen molar-refractivity contribution in [1.82, 2.24) is 0 Å². The molecule has 0 radical (unpaired) electrons. The molecule has 2 heteroatoms. The van der Waals surface area contributed by atoms with Gasteiger partial charge in [-0.05, 0) is 12.3 Å². The minimum atomic E-state index is -1.13. The lowest BCUT2D eigenvalue weighted by Crippen LogP contribution is -2.15. The third-order valence-electron chi connectivity index (χ3n) is 2.70. The standard InChI is InChI=1S/C12H26O2/c1-10(2)8-6-4-5-7-9-11(3)12(13)14/h10-14H,4-9H2,1-3H3. The van der Waals surface area contributed by atoms with E-state index in [1.54, 1.807) is 0 Å². The quantitative estimate of drug-likeness (QED) is 0.469. The number of hydrogen-bond donors (Lipinski definition) is 2. The maximum Gasteiger partial charge on any atom is 0.154 e. The molecule has 0 aliphatic rings. The Labute approximate surface area is 88.3 Å². The summed E-state index contributed by atoms with van der Waals surface area (Å²) in [5.41, 5.74) is 0. The van der Waals surface area contributed by atoms with E-state index in [0.29, 0.717) is 0 Å². The Morgan fingerprint density at radius 3 is 1.71 bits per heavy atom. The van der Waals surface area contributed by atoms with Crippen LogP contribution in [-0.2, 0) is 0 Å². The Bertz CT molecular complexity index is 121. The Morgan fingerprint density at radius 1 is 0.786 bits per heavy atom. The number of aliphatic hydroxyl groups is 2. The highest BCUT2D eigenvalue weighted by molar-refractivity contribution is 4.55. The van der Waals surface area contributed by atoms with Gasteiger partial charge in [-0.15, -0.1) is 0 Å². The minimum Gasteiger partial charge on any atom is -0.368 e. The predicted octanol–water partition coefficient (Wildman–Crippen LogP) is 2.93. The molecule has 0 aromatic rings. The van der Waals surface area contributed by atoms with Gasteiger partial charge < -0.3 is 10.2 Å². The summed E-state index contributed by atoms with van der Waals surface area (Å²) in [5.74, 6) is 0.841. The first kappa shape index (κ1) is 13.9. The van der Waals surface area contributed by atoms with Crippen LogP contribution in [0.15, 0.2) is 0 Å². The molecule has 1 atom stereocenters. The highest BCUT2D eigenvalue weighted by atomic mass is 16.5. The van der Waals surface area contributed by atoms with Gasteiger partial charge in [-0.3, -0.25) is 0 Å². The molecule has 1 unspecified atom stereocenters. The number of hydrogen-bond acceptors (Lipinski definition) is 2. The molecule has 14 heavy (non-hydrogen) atoms. The first-order valence-electron chi connectivity index (χ1n) is 5.90. The fourth-order valence-corrected chi connectivity index (χ4v) is 1.52. The second-order valence-corrected chi connectivity index (χ2v) is 4.78. The molecule has 86 valence electrons. The van der Waals surface area contributed by atoms with Crippen molar-refractivity contribution >= 4 is 0 Å². The van der Waals surface area contributed by atoms with E-state index in [0.717, 1.165) is 18.8 Å². The van der Waals surface area contributed by atoms with E-state index in [4.69, 9.17) is 10.2 Å². The highest BCUT2D eigenvalue weighted by Crippen LogP contribution is 2.14. The normalized spacial score (nSPS) is 13.9. The lowest BCUT2D eigenvalue weighted by atomic mass is 10.00. The van der Waals surface area contributed by atoms with Gasteiger partial charge in [0, 0.05) is 5.92 Å². The molecule has 0 bridgehead atoms. The lowest BCUT2D eigenvalue weighted by molar-refractivity contribution is -0.0808. The highest BCUT2D eigenvalue weighted by Gasteiger charge is 2.09. The molecule has 0 saturated heterocycles. The largest absolute Gasteiger partial charge is 0.368 e. The molecular formula is C12H26O2. The fourth-order valence-electron chi connectivity index (χ4n) is 1.52. The van der Waals surface area contributed by atoms with E-state index in [1.807, 2.05) is 6.92 Å². The molecule has 0 aromatic carbocycles. The summed E-state index contributed by atoms with van der Waals surface area (Å²) in [5, 5.41) is 17.7. The molecule has 0 fully saturated rings. The van der Waals surface area contributed by atoms with Gasteiger partial charge in [-0.1, -0.05) is 52.9 Å². The van der Waals surface area contributed by atoms with Gasteiger partial charge >= 0.3 is 0 Å². The summed E-state index contributed by atoms with van der Waals surface area (Å²) in [6.07, 6.45) is 6.06. The second-order valence-electron chi connectivity index (χ2n) is 4.78. The molecule has 2 N–H and O–H groups in total. The molecule has 0 spiro atoms. The number of aliphatic hydroxyl groups excluding tert-OH is 1. The van der Waals surface area contributed by atoms with Crippen LogP contribution in [0.4, 0.5) is 0 Å².